The average Bonchev–Trinajstić information content (AvgIpc) is 2.64. The average molecular weight is 463 g/mol. The number of nitrogens with zero attached hydrogens (tertiary/aromatic N) is 2. The summed E-state index contributed by atoms with van der Waals surface area (Å²) >= 11 is 6.41. The highest BCUT2D eigenvalue weighted by Gasteiger charge is 2.54. The Bertz CT molecular complexity index is 1090. The summed E-state index contributed by atoms with van der Waals surface area (Å²) in [5.74, 6) is 2.48. The van der Waals surface area contributed by atoms with Crippen LogP contribution in [0.5, 0.6) is 0 Å². The van der Waals surface area contributed by atoms with E-state index in [0.717, 1.165) is 32.1 Å². The van der Waals surface area contributed by atoms with Gasteiger partial charge < -0.3 is 15.7 Å². The fourth-order valence-electron chi connectivity index (χ4n) is 6.07. The number of aromatic nitrogens is 2. The highest BCUT2D eigenvalue weighted by molar-refractivity contribution is 7.89. The number of anilines is 3. The van der Waals surface area contributed by atoms with E-state index in [4.69, 9.17) is 11.6 Å². The molecule has 4 saturated carbocycles. The summed E-state index contributed by atoms with van der Waals surface area (Å²) in [5.41, 5.74) is 0.936. The Hall–Kier alpha value is -1.90. The van der Waals surface area contributed by atoms with Crippen LogP contribution in [0.3, 0.4) is 0 Å². The molecule has 2 atom stereocenters. The molecule has 4 bridgehead atoms. The highest BCUT2D eigenvalue weighted by atomic mass is 35.5. The van der Waals surface area contributed by atoms with Gasteiger partial charge in [-0.05, 0) is 67.6 Å². The van der Waals surface area contributed by atoms with E-state index >= 15 is 0 Å². The molecule has 0 radical (unpaired) electrons. The van der Waals surface area contributed by atoms with Crippen molar-refractivity contribution in [2.45, 2.75) is 49.5 Å². The Balaban J connectivity index is 1.33. The van der Waals surface area contributed by atoms with E-state index in [1.165, 1.54) is 6.26 Å². The van der Waals surface area contributed by atoms with E-state index < -0.39 is 15.4 Å². The summed E-state index contributed by atoms with van der Waals surface area (Å²) in [6.45, 7) is 0. The van der Waals surface area contributed by atoms with Crippen molar-refractivity contribution in [2.24, 2.45) is 17.8 Å². The molecular weight excluding hydrogens is 436 g/mol. The maximum absolute atomic E-state index is 11.6. The molecular formula is C22H27ClN4O3S. The van der Waals surface area contributed by atoms with Crippen molar-refractivity contribution in [1.82, 2.24) is 9.97 Å². The fraction of sp³-hybridized carbons (Fsp3) is 0.545. The molecule has 0 aliphatic heterocycles. The van der Waals surface area contributed by atoms with Crippen molar-refractivity contribution < 1.29 is 13.5 Å². The van der Waals surface area contributed by atoms with Crippen LogP contribution in [0, 0.1) is 17.8 Å². The van der Waals surface area contributed by atoms with Crippen LogP contribution in [0.1, 0.15) is 37.7 Å². The minimum atomic E-state index is -3.11. The Morgan fingerprint density at radius 1 is 1.23 bits per heavy atom. The summed E-state index contributed by atoms with van der Waals surface area (Å²) in [6.07, 6.45) is 7.73. The van der Waals surface area contributed by atoms with E-state index in [2.05, 4.69) is 20.6 Å². The minimum absolute atomic E-state index is 0.0192. The van der Waals surface area contributed by atoms with Gasteiger partial charge in [-0.25, -0.2) is 13.4 Å². The smallest absolute Gasteiger partial charge is 0.229 e. The molecule has 9 heteroatoms. The normalized spacial score (nSPS) is 31.6. The number of nitrogens with one attached hydrogen (secondary N) is 2. The van der Waals surface area contributed by atoms with E-state index in [1.807, 2.05) is 6.07 Å². The zero-order chi connectivity index (χ0) is 21.8. The van der Waals surface area contributed by atoms with Crippen molar-refractivity contribution in [3.63, 3.8) is 0 Å². The first-order chi connectivity index (χ1) is 14.7. The van der Waals surface area contributed by atoms with Gasteiger partial charge in [0.05, 0.1) is 17.6 Å². The van der Waals surface area contributed by atoms with Gasteiger partial charge >= 0.3 is 0 Å². The molecule has 7 nitrogen and oxygen atoms in total. The topological polar surface area (TPSA) is 104 Å². The molecule has 31 heavy (non-hydrogen) atoms. The largest absolute Gasteiger partial charge is 0.390 e. The van der Waals surface area contributed by atoms with Gasteiger partial charge in [-0.3, -0.25) is 0 Å². The van der Waals surface area contributed by atoms with Crippen molar-refractivity contribution >= 4 is 38.9 Å². The van der Waals surface area contributed by atoms with Gasteiger partial charge in [0, 0.05) is 18.0 Å². The standard InChI is InChI=1S/C22H27ClN4O3S/c1-31(29,30)12-13-3-2-4-17(7-13)25-21-24-11-18(23)20(27-21)26-19-15-5-14-6-16(19)10-22(28,8-14)9-15/h2-4,7,11,14-16,19,28H,5-6,8-10,12H2,1H3,(H2,24,25,26,27)/t14?,15?,16?,19-,22+. The van der Waals surface area contributed by atoms with Crippen molar-refractivity contribution in [1.29, 1.82) is 0 Å². The highest BCUT2D eigenvalue weighted by Crippen LogP contribution is 2.56. The molecule has 4 aliphatic rings. The monoisotopic (exact) mass is 462 g/mol. The Morgan fingerprint density at radius 2 is 1.97 bits per heavy atom. The first-order valence-corrected chi connectivity index (χ1v) is 13.1. The number of hydrogen-bond acceptors (Lipinski definition) is 7. The first kappa shape index (κ1) is 21.0. The second-order valence-electron chi connectivity index (χ2n) is 9.65. The second kappa shape index (κ2) is 7.60. The van der Waals surface area contributed by atoms with Gasteiger partial charge in [0.2, 0.25) is 5.95 Å². The van der Waals surface area contributed by atoms with Crippen LogP contribution in [0.2, 0.25) is 5.02 Å². The molecule has 166 valence electrons. The lowest BCUT2D eigenvalue weighted by Gasteiger charge is -2.58. The molecule has 6 rings (SSSR count). The van der Waals surface area contributed by atoms with E-state index in [1.54, 1.807) is 24.4 Å². The van der Waals surface area contributed by atoms with Crippen molar-refractivity contribution in [3.8, 4) is 0 Å². The molecule has 3 N–H and O–H groups in total. The van der Waals surface area contributed by atoms with Gasteiger partial charge in [-0.2, -0.15) is 4.98 Å². The molecule has 2 unspecified atom stereocenters. The maximum Gasteiger partial charge on any atom is 0.229 e. The van der Waals surface area contributed by atoms with Gasteiger partial charge in [-0.15, -0.1) is 0 Å². The van der Waals surface area contributed by atoms with Crippen molar-refractivity contribution in [3.05, 3.63) is 41.0 Å². The van der Waals surface area contributed by atoms with Crippen molar-refractivity contribution in [2.75, 3.05) is 16.9 Å². The summed E-state index contributed by atoms with van der Waals surface area (Å²) in [6, 6.07) is 7.47. The molecule has 1 aromatic heterocycles. The van der Waals surface area contributed by atoms with Crippen LogP contribution in [0.25, 0.3) is 0 Å². The lowest BCUT2D eigenvalue weighted by molar-refractivity contribution is -0.129. The minimum Gasteiger partial charge on any atom is -0.390 e. The van der Waals surface area contributed by atoms with Gasteiger partial charge in [0.25, 0.3) is 0 Å². The van der Waals surface area contributed by atoms with Crippen LogP contribution in [0.4, 0.5) is 17.5 Å². The Morgan fingerprint density at radius 3 is 2.65 bits per heavy atom. The fourth-order valence-corrected chi connectivity index (χ4v) is 7.00. The summed E-state index contributed by atoms with van der Waals surface area (Å²) in [4.78, 5) is 8.88. The van der Waals surface area contributed by atoms with Gasteiger partial charge in [0.1, 0.15) is 5.02 Å². The van der Waals surface area contributed by atoms with E-state index in [0.29, 0.717) is 45.8 Å². The first-order valence-electron chi connectivity index (χ1n) is 10.7. The predicted molar refractivity (Wildman–Crippen MR) is 121 cm³/mol. The van der Waals surface area contributed by atoms with Crippen LogP contribution in [0.15, 0.2) is 30.5 Å². The van der Waals surface area contributed by atoms with Crippen LogP contribution in [-0.4, -0.2) is 41.4 Å². The number of benzene rings is 1. The summed E-state index contributed by atoms with van der Waals surface area (Å²) in [5, 5.41) is 18.0. The molecule has 4 aliphatic carbocycles. The van der Waals surface area contributed by atoms with E-state index in [-0.39, 0.29) is 11.8 Å². The predicted octanol–water partition coefficient (Wildman–Crippen LogP) is 3.77. The lowest BCUT2D eigenvalue weighted by Crippen LogP contribution is -2.59. The molecule has 0 amide bonds. The molecule has 1 heterocycles. The van der Waals surface area contributed by atoms with Gasteiger partial charge in [-0.1, -0.05) is 23.7 Å². The summed E-state index contributed by atoms with van der Waals surface area (Å²) in [7, 11) is -3.11. The number of hydrogen-bond donors (Lipinski definition) is 3. The van der Waals surface area contributed by atoms with Gasteiger partial charge in [0.15, 0.2) is 15.7 Å². The Labute approximate surface area is 187 Å². The quantitative estimate of drug-likeness (QED) is 0.600. The number of sulfone groups is 1. The SMILES string of the molecule is CS(=O)(=O)Cc1cccc(Nc2ncc(Cl)c(N[C@H]3C4CC5CC3C[C@@](O)(C5)C4)n2)c1. The number of aliphatic hydroxyl groups is 1. The molecule has 0 spiro atoms. The number of rotatable bonds is 6. The third-order valence-corrected chi connectivity index (χ3v) is 8.03. The zero-order valence-corrected chi connectivity index (χ0v) is 19.0. The molecule has 4 fully saturated rings. The third kappa shape index (κ3) is 4.52. The number of halogens is 1. The molecule has 2 aromatic rings. The van der Waals surface area contributed by atoms with E-state index in [9.17, 15) is 13.5 Å². The van der Waals surface area contributed by atoms with Crippen LogP contribution in [-0.2, 0) is 15.6 Å². The summed E-state index contributed by atoms with van der Waals surface area (Å²) < 4.78 is 23.2. The second-order valence-corrected chi connectivity index (χ2v) is 12.2. The molecule has 1 aromatic carbocycles. The van der Waals surface area contributed by atoms with Crippen LogP contribution < -0.4 is 10.6 Å². The van der Waals surface area contributed by atoms with Crippen LogP contribution >= 0.6 is 11.6 Å². The molecule has 0 saturated heterocycles. The third-order valence-electron chi connectivity index (χ3n) is 6.90. The lowest BCUT2D eigenvalue weighted by atomic mass is 9.52. The zero-order valence-electron chi connectivity index (χ0n) is 17.4. The maximum atomic E-state index is 11.6. The Kier molecular flexibility index (Phi) is 5.14.